The van der Waals surface area contributed by atoms with Gasteiger partial charge in [-0.25, -0.2) is 13.4 Å². The van der Waals surface area contributed by atoms with Crippen LogP contribution in [0.4, 0.5) is 0 Å². The Balaban J connectivity index is 2.22. The monoisotopic (exact) mass is 312 g/mol. The summed E-state index contributed by atoms with van der Waals surface area (Å²) in [5.41, 5.74) is 3.45. The highest BCUT2D eigenvalue weighted by molar-refractivity contribution is 7.88. The molecule has 106 valence electrons. The van der Waals surface area contributed by atoms with E-state index in [1.165, 1.54) is 11.3 Å². The van der Waals surface area contributed by atoms with E-state index in [2.05, 4.69) is 15.4 Å². The number of nitrogens with zero attached hydrogens (tertiary/aromatic N) is 2. The summed E-state index contributed by atoms with van der Waals surface area (Å²) in [6.45, 7) is 1.69. The maximum Gasteiger partial charge on any atom is 0.278 e. The summed E-state index contributed by atoms with van der Waals surface area (Å²) < 4.78 is 21.9. The molecule has 0 aliphatic rings. The van der Waals surface area contributed by atoms with Crippen molar-refractivity contribution in [3.63, 3.8) is 0 Å². The third-order valence-corrected chi connectivity index (χ3v) is 3.94. The fraction of sp³-hybridized carbons (Fsp3) is 0.182. The van der Waals surface area contributed by atoms with Crippen LogP contribution in [0, 0.1) is 6.92 Å². The molecule has 2 N–H and O–H groups in total. The van der Waals surface area contributed by atoms with Crippen LogP contribution < -0.4 is 10.3 Å². The Labute approximate surface area is 120 Å². The SMILES string of the molecule is Cc1nc(-c2cccnc2)sc1C(=O)NNS(C)(=O)=O. The zero-order valence-corrected chi connectivity index (χ0v) is 12.4. The van der Waals surface area contributed by atoms with E-state index in [0.717, 1.165) is 11.8 Å². The molecule has 9 heteroatoms. The summed E-state index contributed by atoms with van der Waals surface area (Å²) in [6, 6.07) is 3.61. The van der Waals surface area contributed by atoms with E-state index in [-0.39, 0.29) is 0 Å². The first-order valence-electron chi connectivity index (χ1n) is 5.52. The van der Waals surface area contributed by atoms with Crippen LogP contribution in [0.3, 0.4) is 0 Å². The molecule has 0 spiro atoms. The molecule has 0 radical (unpaired) electrons. The van der Waals surface area contributed by atoms with Crippen molar-refractivity contribution in [2.75, 3.05) is 6.26 Å². The van der Waals surface area contributed by atoms with Gasteiger partial charge in [0.15, 0.2) is 0 Å². The molecule has 2 heterocycles. The number of nitrogens with one attached hydrogen (secondary N) is 2. The highest BCUT2D eigenvalue weighted by atomic mass is 32.2. The van der Waals surface area contributed by atoms with Crippen LogP contribution >= 0.6 is 11.3 Å². The van der Waals surface area contributed by atoms with Crippen molar-refractivity contribution in [1.29, 1.82) is 0 Å². The molecule has 0 bridgehead atoms. The molecule has 0 unspecified atom stereocenters. The highest BCUT2D eigenvalue weighted by Gasteiger charge is 2.17. The van der Waals surface area contributed by atoms with E-state index in [9.17, 15) is 13.2 Å². The molecule has 0 aliphatic carbocycles. The van der Waals surface area contributed by atoms with Crippen LogP contribution in [-0.2, 0) is 10.0 Å². The summed E-state index contributed by atoms with van der Waals surface area (Å²) in [5.74, 6) is -0.541. The number of hydrogen-bond donors (Lipinski definition) is 2. The lowest BCUT2D eigenvalue weighted by molar-refractivity contribution is 0.0948. The minimum absolute atomic E-state index is 0.347. The molecule has 2 rings (SSSR count). The lowest BCUT2D eigenvalue weighted by atomic mass is 10.3. The first-order valence-corrected chi connectivity index (χ1v) is 8.22. The summed E-state index contributed by atoms with van der Waals surface area (Å²) in [6.07, 6.45) is 4.25. The number of pyridine rings is 1. The predicted molar refractivity (Wildman–Crippen MR) is 75.5 cm³/mol. The number of hydrogen-bond acceptors (Lipinski definition) is 6. The van der Waals surface area contributed by atoms with Crippen molar-refractivity contribution in [1.82, 2.24) is 20.2 Å². The molecular weight excluding hydrogens is 300 g/mol. The van der Waals surface area contributed by atoms with Gasteiger partial charge in [0.05, 0.1) is 11.9 Å². The smallest absolute Gasteiger partial charge is 0.273 e. The largest absolute Gasteiger partial charge is 0.278 e. The molecule has 0 saturated carbocycles. The number of thiazole rings is 1. The maximum absolute atomic E-state index is 11.9. The molecule has 0 fully saturated rings. The van der Waals surface area contributed by atoms with Crippen LogP contribution in [0.5, 0.6) is 0 Å². The van der Waals surface area contributed by atoms with Crippen LogP contribution in [0.2, 0.25) is 0 Å². The number of aromatic nitrogens is 2. The van der Waals surface area contributed by atoms with Gasteiger partial charge in [0, 0.05) is 18.0 Å². The Morgan fingerprint density at radius 2 is 2.15 bits per heavy atom. The molecule has 1 amide bonds. The topological polar surface area (TPSA) is 101 Å². The zero-order chi connectivity index (χ0) is 14.8. The van der Waals surface area contributed by atoms with Crippen molar-refractivity contribution in [2.45, 2.75) is 6.92 Å². The van der Waals surface area contributed by atoms with Crippen LogP contribution in [0.15, 0.2) is 24.5 Å². The van der Waals surface area contributed by atoms with Gasteiger partial charge < -0.3 is 0 Å². The van der Waals surface area contributed by atoms with Gasteiger partial charge in [-0.15, -0.1) is 16.2 Å². The van der Waals surface area contributed by atoms with E-state index in [0.29, 0.717) is 15.6 Å². The first-order chi connectivity index (χ1) is 9.37. The van der Waals surface area contributed by atoms with Crippen molar-refractivity contribution < 1.29 is 13.2 Å². The van der Waals surface area contributed by atoms with Crippen LogP contribution in [0.25, 0.3) is 10.6 Å². The fourth-order valence-electron chi connectivity index (χ4n) is 1.42. The first kappa shape index (κ1) is 14.6. The van der Waals surface area contributed by atoms with Crippen molar-refractivity contribution in [3.8, 4) is 10.6 Å². The standard InChI is InChI=1S/C11H12N4O3S2/c1-7-9(10(16)14-15-20(2,17)18)19-11(13-7)8-4-3-5-12-6-8/h3-6,15H,1-2H3,(H,14,16). The Bertz CT molecular complexity index is 725. The second kappa shape index (κ2) is 5.65. The maximum atomic E-state index is 11.9. The number of amides is 1. The van der Waals surface area contributed by atoms with Gasteiger partial charge in [-0.1, -0.05) is 0 Å². The van der Waals surface area contributed by atoms with Crippen molar-refractivity contribution in [2.24, 2.45) is 0 Å². The van der Waals surface area contributed by atoms with Gasteiger partial charge in [-0.05, 0) is 19.1 Å². The third kappa shape index (κ3) is 3.59. The second-order valence-corrected chi connectivity index (χ2v) is 6.75. The summed E-state index contributed by atoms with van der Waals surface area (Å²) in [5, 5.41) is 0.653. The number of sulfonamides is 1. The molecule has 0 aromatic carbocycles. The molecular formula is C11H12N4O3S2. The van der Waals surface area contributed by atoms with E-state index in [1.54, 1.807) is 25.4 Å². The van der Waals surface area contributed by atoms with E-state index < -0.39 is 15.9 Å². The molecule has 0 saturated heterocycles. The lowest BCUT2D eigenvalue weighted by Crippen LogP contribution is -2.40. The third-order valence-electron chi connectivity index (χ3n) is 2.26. The normalized spacial score (nSPS) is 11.3. The van der Waals surface area contributed by atoms with E-state index >= 15 is 0 Å². The molecule has 0 atom stereocenters. The molecule has 20 heavy (non-hydrogen) atoms. The van der Waals surface area contributed by atoms with E-state index in [1.807, 2.05) is 10.9 Å². The molecule has 2 aromatic rings. The summed E-state index contributed by atoms with van der Waals surface area (Å²) in [7, 11) is -3.49. The fourth-order valence-corrected chi connectivity index (χ4v) is 2.65. The lowest BCUT2D eigenvalue weighted by Gasteiger charge is -2.03. The average Bonchev–Trinajstić information content (AvgIpc) is 2.78. The molecule has 0 aliphatic heterocycles. The minimum Gasteiger partial charge on any atom is -0.273 e. The van der Waals surface area contributed by atoms with Gasteiger partial charge >= 0.3 is 0 Å². The second-order valence-electron chi connectivity index (χ2n) is 4.00. The highest BCUT2D eigenvalue weighted by Crippen LogP contribution is 2.26. The Morgan fingerprint density at radius 1 is 1.40 bits per heavy atom. The molecule has 7 nitrogen and oxygen atoms in total. The van der Waals surface area contributed by atoms with Gasteiger partial charge in [-0.3, -0.25) is 15.2 Å². The zero-order valence-electron chi connectivity index (χ0n) is 10.7. The van der Waals surface area contributed by atoms with Crippen molar-refractivity contribution in [3.05, 3.63) is 35.1 Å². The van der Waals surface area contributed by atoms with Crippen LogP contribution in [0.1, 0.15) is 15.4 Å². The number of hydrazine groups is 1. The predicted octanol–water partition coefficient (Wildman–Crippen LogP) is 0.708. The Kier molecular flexibility index (Phi) is 4.12. The van der Waals surface area contributed by atoms with Crippen LogP contribution in [-0.4, -0.2) is 30.5 Å². The van der Waals surface area contributed by atoms with Gasteiger partial charge in [0.2, 0.25) is 10.0 Å². The van der Waals surface area contributed by atoms with Gasteiger partial charge in [0.1, 0.15) is 9.88 Å². The average molecular weight is 312 g/mol. The van der Waals surface area contributed by atoms with Gasteiger partial charge in [0.25, 0.3) is 5.91 Å². The summed E-state index contributed by atoms with van der Waals surface area (Å²) in [4.78, 5) is 22.4. The number of carbonyl (C=O) groups is 1. The number of rotatable bonds is 4. The van der Waals surface area contributed by atoms with Crippen molar-refractivity contribution >= 4 is 27.3 Å². The summed E-state index contributed by atoms with van der Waals surface area (Å²) >= 11 is 1.17. The number of carbonyl (C=O) groups excluding carboxylic acids is 1. The quantitative estimate of drug-likeness (QED) is 0.810. The number of aryl methyl sites for hydroxylation is 1. The Hall–Kier alpha value is -1.84. The molecule has 2 aromatic heterocycles. The Morgan fingerprint density at radius 3 is 2.75 bits per heavy atom. The van der Waals surface area contributed by atoms with Gasteiger partial charge in [-0.2, -0.15) is 0 Å². The minimum atomic E-state index is -3.49. The van der Waals surface area contributed by atoms with E-state index in [4.69, 9.17) is 0 Å².